The monoisotopic (exact) mass is 481 g/mol. The maximum atomic E-state index is 6.35. The second kappa shape index (κ2) is 10.1. The first-order chi connectivity index (χ1) is 17.6. The Labute approximate surface area is 208 Å². The Balaban J connectivity index is 1.45. The molecule has 0 aliphatic heterocycles. The van der Waals surface area contributed by atoms with E-state index in [9.17, 15) is 0 Å². The van der Waals surface area contributed by atoms with Gasteiger partial charge in [0.05, 0.1) is 31.6 Å². The molecule has 0 fully saturated rings. The fourth-order valence-electron chi connectivity index (χ4n) is 4.22. The molecule has 0 radical (unpaired) electrons. The fourth-order valence-corrected chi connectivity index (χ4v) is 4.22. The van der Waals surface area contributed by atoms with Crippen molar-refractivity contribution in [2.75, 3.05) is 26.6 Å². The number of pyridine rings is 3. The van der Waals surface area contributed by atoms with Crippen LogP contribution in [0.15, 0.2) is 73.2 Å². The highest BCUT2D eigenvalue weighted by Crippen LogP contribution is 2.37. The van der Waals surface area contributed by atoms with Crippen molar-refractivity contribution >= 4 is 27.5 Å². The lowest BCUT2D eigenvalue weighted by atomic mass is 10.0. The van der Waals surface area contributed by atoms with Gasteiger partial charge in [-0.1, -0.05) is 30.3 Å². The van der Waals surface area contributed by atoms with Crippen LogP contribution in [0.4, 0.5) is 5.82 Å². The number of aromatic nitrogens is 3. The maximum Gasteiger partial charge on any atom is 0.162 e. The molecule has 0 saturated heterocycles. The highest BCUT2D eigenvalue weighted by atomic mass is 16.5. The van der Waals surface area contributed by atoms with E-state index in [-0.39, 0.29) is 6.04 Å². The van der Waals surface area contributed by atoms with Gasteiger partial charge in [-0.15, -0.1) is 0 Å². The van der Waals surface area contributed by atoms with Crippen molar-refractivity contribution in [1.82, 2.24) is 15.0 Å². The molecule has 0 amide bonds. The van der Waals surface area contributed by atoms with E-state index in [1.165, 1.54) is 5.56 Å². The number of ether oxygens (including phenoxy) is 3. The summed E-state index contributed by atoms with van der Waals surface area (Å²) in [6.45, 7) is 0.366. The molecular weight excluding hydrogens is 454 g/mol. The number of hydrogen-bond acceptors (Lipinski definition) is 8. The molecule has 0 saturated carbocycles. The lowest BCUT2D eigenvalue weighted by Crippen LogP contribution is -2.30. The highest BCUT2D eigenvalue weighted by Gasteiger charge is 2.14. The van der Waals surface area contributed by atoms with E-state index in [2.05, 4.69) is 27.1 Å². The van der Waals surface area contributed by atoms with Gasteiger partial charge >= 0.3 is 0 Å². The molecule has 8 nitrogen and oxygen atoms in total. The number of nitrogens with zero attached hydrogens (tertiary/aromatic N) is 3. The first-order valence-electron chi connectivity index (χ1n) is 11.5. The van der Waals surface area contributed by atoms with Gasteiger partial charge in [0.2, 0.25) is 0 Å². The van der Waals surface area contributed by atoms with E-state index in [0.29, 0.717) is 35.4 Å². The summed E-state index contributed by atoms with van der Waals surface area (Å²) >= 11 is 0. The largest absolute Gasteiger partial charge is 0.493 e. The summed E-state index contributed by atoms with van der Waals surface area (Å²) in [5.74, 6) is 2.21. The zero-order chi connectivity index (χ0) is 25.1. The molecule has 4 N–H and O–H groups in total. The molecular formula is C28H27N5O3. The molecule has 5 aromatic rings. The van der Waals surface area contributed by atoms with Gasteiger partial charge < -0.3 is 25.7 Å². The third-order valence-corrected chi connectivity index (χ3v) is 6.03. The van der Waals surface area contributed by atoms with Crippen molar-refractivity contribution in [2.45, 2.75) is 12.5 Å². The maximum absolute atomic E-state index is 6.35. The lowest BCUT2D eigenvalue weighted by Gasteiger charge is -2.14. The molecule has 3 heterocycles. The van der Waals surface area contributed by atoms with E-state index < -0.39 is 0 Å². The standard InChI is InChI=1S/C28H27N5O3/c1-34-26-11-22-21-10-24(33-28(30)23(21)15-32-25(22)12-27(26)35-2)18-9-20(14-31-13-18)36-16-19(29)8-17-6-4-3-5-7-17/h3-7,9-15,19H,8,16,29H2,1-2H3,(H2,30,33)/t19-/m0/s1. The molecule has 182 valence electrons. The Bertz CT molecular complexity index is 1530. The average Bonchev–Trinajstić information content (AvgIpc) is 2.91. The summed E-state index contributed by atoms with van der Waals surface area (Å²) in [6, 6.07) is 17.6. The second-order valence-electron chi connectivity index (χ2n) is 8.51. The summed E-state index contributed by atoms with van der Waals surface area (Å²) in [4.78, 5) is 13.5. The van der Waals surface area contributed by atoms with Crippen LogP contribution in [0.25, 0.3) is 32.9 Å². The molecule has 0 unspecified atom stereocenters. The minimum atomic E-state index is -0.142. The van der Waals surface area contributed by atoms with Crippen LogP contribution in [0.5, 0.6) is 17.2 Å². The minimum Gasteiger partial charge on any atom is -0.493 e. The van der Waals surface area contributed by atoms with Gasteiger partial charge in [0.15, 0.2) is 11.5 Å². The zero-order valence-corrected chi connectivity index (χ0v) is 20.1. The molecule has 0 aliphatic rings. The summed E-state index contributed by atoms with van der Waals surface area (Å²) in [5.41, 5.74) is 16.0. The van der Waals surface area contributed by atoms with Crippen LogP contribution < -0.4 is 25.7 Å². The van der Waals surface area contributed by atoms with Crippen molar-refractivity contribution in [2.24, 2.45) is 5.73 Å². The molecule has 0 spiro atoms. The first-order valence-corrected chi connectivity index (χ1v) is 11.5. The number of fused-ring (bicyclic) bond motifs is 3. The topological polar surface area (TPSA) is 118 Å². The van der Waals surface area contributed by atoms with E-state index in [1.807, 2.05) is 42.5 Å². The van der Waals surface area contributed by atoms with Crippen LogP contribution in [-0.4, -0.2) is 41.8 Å². The van der Waals surface area contributed by atoms with Crippen LogP contribution in [0.3, 0.4) is 0 Å². The minimum absolute atomic E-state index is 0.142. The van der Waals surface area contributed by atoms with Gasteiger partial charge in [-0.05, 0) is 35.6 Å². The van der Waals surface area contributed by atoms with Crippen molar-refractivity contribution < 1.29 is 14.2 Å². The fraction of sp³-hybridized carbons (Fsp3) is 0.179. The molecule has 0 aliphatic carbocycles. The number of methoxy groups -OCH3 is 2. The quantitative estimate of drug-likeness (QED) is 0.313. The van der Waals surface area contributed by atoms with Gasteiger partial charge in [0, 0.05) is 40.8 Å². The third kappa shape index (κ3) is 4.71. The van der Waals surface area contributed by atoms with Gasteiger partial charge in [0.1, 0.15) is 18.2 Å². The van der Waals surface area contributed by atoms with Crippen molar-refractivity contribution in [3.63, 3.8) is 0 Å². The smallest absolute Gasteiger partial charge is 0.162 e. The molecule has 2 aromatic carbocycles. The Morgan fingerprint density at radius 3 is 2.42 bits per heavy atom. The van der Waals surface area contributed by atoms with Crippen LogP contribution in [0, 0.1) is 0 Å². The molecule has 1 atom stereocenters. The number of anilines is 1. The van der Waals surface area contributed by atoms with Crippen LogP contribution in [0.1, 0.15) is 5.56 Å². The van der Waals surface area contributed by atoms with Gasteiger partial charge in [-0.3, -0.25) is 9.97 Å². The lowest BCUT2D eigenvalue weighted by molar-refractivity contribution is 0.286. The Morgan fingerprint density at radius 2 is 1.64 bits per heavy atom. The molecule has 36 heavy (non-hydrogen) atoms. The van der Waals surface area contributed by atoms with Gasteiger partial charge in [-0.2, -0.15) is 0 Å². The number of rotatable bonds is 8. The van der Waals surface area contributed by atoms with E-state index >= 15 is 0 Å². The third-order valence-electron chi connectivity index (χ3n) is 6.03. The summed E-state index contributed by atoms with van der Waals surface area (Å²) < 4.78 is 16.9. The number of nitrogens with two attached hydrogens (primary N) is 2. The second-order valence-corrected chi connectivity index (χ2v) is 8.51. The number of benzene rings is 2. The predicted molar refractivity (Wildman–Crippen MR) is 141 cm³/mol. The molecule has 8 heteroatoms. The van der Waals surface area contributed by atoms with Gasteiger partial charge in [0.25, 0.3) is 0 Å². The van der Waals surface area contributed by atoms with Crippen LogP contribution >= 0.6 is 0 Å². The van der Waals surface area contributed by atoms with Crippen molar-refractivity contribution in [3.8, 4) is 28.5 Å². The van der Waals surface area contributed by atoms with E-state index in [1.54, 1.807) is 32.8 Å². The zero-order valence-electron chi connectivity index (χ0n) is 20.1. The molecule has 0 bridgehead atoms. The highest BCUT2D eigenvalue weighted by molar-refractivity contribution is 6.10. The summed E-state index contributed by atoms with van der Waals surface area (Å²) in [7, 11) is 3.20. The van der Waals surface area contributed by atoms with E-state index in [0.717, 1.165) is 33.7 Å². The Hall–Kier alpha value is -4.43. The SMILES string of the molecule is COc1cc2ncc3c(N)nc(-c4cncc(OC[C@@H](N)Cc5ccccc5)c4)cc3c2cc1OC. The summed E-state index contributed by atoms with van der Waals surface area (Å²) in [6.07, 6.45) is 5.85. The van der Waals surface area contributed by atoms with Crippen LogP contribution in [-0.2, 0) is 6.42 Å². The molecule has 5 rings (SSSR count). The van der Waals surface area contributed by atoms with Crippen LogP contribution in [0.2, 0.25) is 0 Å². The number of nitrogen functional groups attached to an aromatic ring is 1. The van der Waals surface area contributed by atoms with E-state index in [4.69, 9.17) is 25.7 Å². The predicted octanol–water partition coefficient (Wildman–Crippen LogP) is 4.39. The average molecular weight is 482 g/mol. The van der Waals surface area contributed by atoms with Crippen molar-refractivity contribution in [1.29, 1.82) is 0 Å². The van der Waals surface area contributed by atoms with Crippen molar-refractivity contribution in [3.05, 3.63) is 78.8 Å². The summed E-state index contributed by atoms with van der Waals surface area (Å²) in [5, 5.41) is 2.54. The number of hydrogen-bond donors (Lipinski definition) is 2. The molecule has 3 aromatic heterocycles. The Kier molecular flexibility index (Phi) is 6.51. The normalized spacial score (nSPS) is 12.0. The first kappa shape index (κ1) is 23.3. The Morgan fingerprint density at radius 1 is 0.861 bits per heavy atom. The van der Waals surface area contributed by atoms with Gasteiger partial charge in [-0.25, -0.2) is 4.98 Å².